The Morgan fingerprint density at radius 3 is 2.59 bits per heavy atom. The number of hydrogen-bond donors (Lipinski definition) is 1. The normalized spacial score (nSPS) is 14.1. The molecule has 150 valence electrons. The highest BCUT2D eigenvalue weighted by molar-refractivity contribution is 7.10. The maximum absolute atomic E-state index is 12.2. The standard InChI is InChI=1S/C16H17NO2S.C6H5NO2/c1-19-16(18)15(12-5-3-2-4-6-12)17-9-7-14-13(11-17)8-10-20-14;8-6(9)5-2-1-3-7-4-5/h2-6,8,10,15H,7,9,11H2,1H3;1-4H,(H,8,9)/t15-;/m0./s1. The molecule has 0 radical (unpaired) electrons. The lowest BCUT2D eigenvalue weighted by molar-refractivity contribution is -0.147. The number of hydrogen-bond acceptors (Lipinski definition) is 6. The Hall–Kier alpha value is -3.03. The predicted molar refractivity (Wildman–Crippen MR) is 111 cm³/mol. The van der Waals surface area contributed by atoms with E-state index in [-0.39, 0.29) is 17.6 Å². The molecule has 0 amide bonds. The molecule has 1 N–H and O–H groups in total. The van der Waals surface area contributed by atoms with E-state index in [2.05, 4.69) is 21.3 Å². The van der Waals surface area contributed by atoms with Gasteiger partial charge < -0.3 is 9.84 Å². The number of rotatable bonds is 4. The third kappa shape index (κ3) is 5.28. The molecule has 0 saturated carbocycles. The van der Waals surface area contributed by atoms with Gasteiger partial charge in [0.25, 0.3) is 0 Å². The molecule has 3 aromatic rings. The van der Waals surface area contributed by atoms with Gasteiger partial charge in [0.2, 0.25) is 0 Å². The molecule has 0 unspecified atom stereocenters. The second kappa shape index (κ2) is 9.95. The summed E-state index contributed by atoms with van der Waals surface area (Å²) in [5, 5.41) is 10.5. The fourth-order valence-electron chi connectivity index (χ4n) is 3.22. The number of carbonyl (C=O) groups excluding carboxylic acids is 1. The zero-order valence-electron chi connectivity index (χ0n) is 16.0. The van der Waals surface area contributed by atoms with E-state index in [1.54, 1.807) is 17.4 Å². The van der Waals surface area contributed by atoms with Crippen LogP contribution in [0.3, 0.4) is 0 Å². The van der Waals surface area contributed by atoms with Crippen LogP contribution in [0.25, 0.3) is 0 Å². The fraction of sp³-hybridized carbons (Fsp3) is 0.227. The number of pyridine rings is 1. The van der Waals surface area contributed by atoms with Crippen LogP contribution in [0.2, 0.25) is 0 Å². The van der Waals surface area contributed by atoms with Crippen LogP contribution in [-0.4, -0.2) is 40.6 Å². The van der Waals surface area contributed by atoms with E-state index in [1.165, 1.54) is 36.0 Å². The second-order valence-corrected chi connectivity index (χ2v) is 7.47. The molecule has 7 heteroatoms. The SMILES string of the molecule is COC(=O)[C@H](c1ccccc1)N1CCc2sccc2C1.O=C(O)c1cccnc1. The molecule has 29 heavy (non-hydrogen) atoms. The van der Waals surface area contributed by atoms with E-state index in [4.69, 9.17) is 9.84 Å². The van der Waals surface area contributed by atoms with Crippen LogP contribution in [0.5, 0.6) is 0 Å². The molecule has 1 aliphatic heterocycles. The molecule has 0 saturated heterocycles. The van der Waals surface area contributed by atoms with Crippen molar-refractivity contribution in [3.05, 3.63) is 87.9 Å². The van der Waals surface area contributed by atoms with Crippen molar-refractivity contribution in [1.29, 1.82) is 0 Å². The Kier molecular flexibility index (Phi) is 7.10. The molecular weight excluding hydrogens is 388 g/mol. The quantitative estimate of drug-likeness (QED) is 0.659. The minimum Gasteiger partial charge on any atom is -0.478 e. The van der Waals surface area contributed by atoms with Crippen molar-refractivity contribution >= 4 is 23.3 Å². The maximum Gasteiger partial charge on any atom is 0.337 e. The number of nitrogens with zero attached hydrogens (tertiary/aromatic N) is 2. The first-order valence-corrected chi connectivity index (χ1v) is 10.0. The van der Waals surface area contributed by atoms with Crippen molar-refractivity contribution in [1.82, 2.24) is 9.88 Å². The van der Waals surface area contributed by atoms with E-state index < -0.39 is 5.97 Å². The van der Waals surface area contributed by atoms with Crippen molar-refractivity contribution < 1.29 is 19.4 Å². The van der Waals surface area contributed by atoms with Gasteiger partial charge in [0.05, 0.1) is 12.7 Å². The number of ether oxygens (including phenoxy) is 1. The molecule has 1 atom stereocenters. The lowest BCUT2D eigenvalue weighted by Gasteiger charge is -2.33. The predicted octanol–water partition coefficient (Wildman–Crippen LogP) is 3.80. The molecule has 0 fully saturated rings. The topological polar surface area (TPSA) is 79.7 Å². The number of benzene rings is 1. The van der Waals surface area contributed by atoms with Gasteiger partial charge in [-0.15, -0.1) is 11.3 Å². The third-order valence-corrected chi connectivity index (χ3v) is 5.67. The summed E-state index contributed by atoms with van der Waals surface area (Å²) < 4.78 is 5.01. The molecular formula is C22H22N2O4S. The van der Waals surface area contributed by atoms with Gasteiger partial charge in [0, 0.05) is 30.4 Å². The summed E-state index contributed by atoms with van der Waals surface area (Å²) in [5.74, 6) is -1.13. The molecule has 0 aliphatic carbocycles. The van der Waals surface area contributed by atoms with E-state index in [0.29, 0.717) is 0 Å². The molecule has 0 spiro atoms. The van der Waals surface area contributed by atoms with Gasteiger partial charge in [-0.1, -0.05) is 30.3 Å². The number of carbonyl (C=O) groups is 2. The second-order valence-electron chi connectivity index (χ2n) is 6.47. The number of methoxy groups -OCH3 is 1. The Bertz CT molecular complexity index is 944. The number of esters is 1. The fourth-order valence-corrected chi connectivity index (χ4v) is 4.11. The highest BCUT2D eigenvalue weighted by atomic mass is 32.1. The lowest BCUT2D eigenvalue weighted by atomic mass is 10.0. The summed E-state index contributed by atoms with van der Waals surface area (Å²) in [6.45, 7) is 1.70. The Morgan fingerprint density at radius 1 is 1.17 bits per heavy atom. The summed E-state index contributed by atoms with van der Waals surface area (Å²) in [5.41, 5.74) is 2.56. The zero-order valence-corrected chi connectivity index (χ0v) is 16.8. The van der Waals surface area contributed by atoms with E-state index in [9.17, 15) is 9.59 Å². The average molecular weight is 410 g/mol. The summed E-state index contributed by atoms with van der Waals surface area (Å²) >= 11 is 1.81. The summed E-state index contributed by atoms with van der Waals surface area (Å²) in [7, 11) is 1.46. The van der Waals surface area contributed by atoms with E-state index in [1.807, 2.05) is 30.3 Å². The number of aromatic nitrogens is 1. The van der Waals surface area contributed by atoms with Gasteiger partial charge >= 0.3 is 11.9 Å². The Labute approximate surface area is 173 Å². The van der Waals surface area contributed by atoms with Crippen LogP contribution in [0.15, 0.2) is 66.3 Å². The van der Waals surface area contributed by atoms with Crippen molar-refractivity contribution in [3.63, 3.8) is 0 Å². The number of carboxylic acid groups (broad SMARTS) is 1. The zero-order chi connectivity index (χ0) is 20.6. The third-order valence-electron chi connectivity index (χ3n) is 4.65. The number of aromatic carboxylic acids is 1. The van der Waals surface area contributed by atoms with Crippen LogP contribution in [0.1, 0.15) is 32.4 Å². The largest absolute Gasteiger partial charge is 0.478 e. The molecule has 1 aromatic carbocycles. The smallest absolute Gasteiger partial charge is 0.337 e. The minimum absolute atomic E-state index is 0.185. The summed E-state index contributed by atoms with van der Waals surface area (Å²) in [6, 6.07) is 14.8. The highest BCUT2D eigenvalue weighted by Gasteiger charge is 2.31. The van der Waals surface area contributed by atoms with Crippen molar-refractivity contribution in [2.45, 2.75) is 19.0 Å². The van der Waals surface area contributed by atoms with Crippen molar-refractivity contribution in [2.75, 3.05) is 13.7 Å². The van der Waals surface area contributed by atoms with E-state index >= 15 is 0 Å². The van der Waals surface area contributed by atoms with Crippen LogP contribution < -0.4 is 0 Å². The molecule has 0 bridgehead atoms. The maximum atomic E-state index is 12.2. The Balaban J connectivity index is 0.000000224. The van der Waals surface area contributed by atoms with Crippen LogP contribution in [0.4, 0.5) is 0 Å². The van der Waals surface area contributed by atoms with Gasteiger partial charge in [0.1, 0.15) is 6.04 Å². The minimum atomic E-state index is -0.942. The summed E-state index contributed by atoms with van der Waals surface area (Å²) in [4.78, 5) is 29.6. The molecule has 2 aromatic heterocycles. The average Bonchev–Trinajstić information content (AvgIpc) is 3.23. The van der Waals surface area contributed by atoms with Crippen molar-refractivity contribution in [3.8, 4) is 0 Å². The molecule has 6 nitrogen and oxygen atoms in total. The first-order valence-electron chi connectivity index (χ1n) is 9.15. The van der Waals surface area contributed by atoms with Gasteiger partial charge in [-0.3, -0.25) is 9.88 Å². The Morgan fingerprint density at radius 2 is 1.97 bits per heavy atom. The first-order chi connectivity index (χ1) is 14.1. The number of thiophene rings is 1. The van der Waals surface area contributed by atoms with Crippen molar-refractivity contribution in [2.24, 2.45) is 0 Å². The highest BCUT2D eigenvalue weighted by Crippen LogP contribution is 2.31. The van der Waals surface area contributed by atoms with E-state index in [0.717, 1.165) is 25.1 Å². The van der Waals surface area contributed by atoms with Gasteiger partial charge in [-0.25, -0.2) is 9.59 Å². The molecule has 1 aliphatic rings. The van der Waals surface area contributed by atoms with Gasteiger partial charge in [-0.05, 0) is 41.1 Å². The van der Waals surface area contributed by atoms with Crippen LogP contribution >= 0.6 is 11.3 Å². The van der Waals surface area contributed by atoms with Crippen LogP contribution in [-0.2, 0) is 22.5 Å². The monoisotopic (exact) mass is 410 g/mol. The van der Waals surface area contributed by atoms with Crippen LogP contribution in [0, 0.1) is 0 Å². The molecule has 3 heterocycles. The number of fused-ring (bicyclic) bond motifs is 1. The first kappa shape index (κ1) is 20.7. The lowest BCUT2D eigenvalue weighted by Crippen LogP contribution is -2.38. The van der Waals surface area contributed by atoms with Gasteiger partial charge in [0.15, 0.2) is 0 Å². The molecule has 4 rings (SSSR count). The number of carboxylic acids is 1. The van der Waals surface area contributed by atoms with Gasteiger partial charge in [-0.2, -0.15) is 0 Å². The summed E-state index contributed by atoms with van der Waals surface area (Å²) in [6.07, 6.45) is 3.85.